The van der Waals surface area contributed by atoms with Crippen molar-refractivity contribution in [2.24, 2.45) is 5.92 Å². The smallest absolute Gasteiger partial charge is 0.0244 e. The van der Waals surface area contributed by atoms with Gasteiger partial charge in [-0.15, -0.1) is 11.8 Å². The van der Waals surface area contributed by atoms with Crippen LogP contribution in [0, 0.1) is 5.92 Å². The minimum Gasteiger partial charge on any atom is -0.306 e. The number of hydrogen-bond acceptors (Lipinski definition) is 3. The number of benzene rings is 1. The van der Waals surface area contributed by atoms with E-state index in [2.05, 4.69) is 61.3 Å². The summed E-state index contributed by atoms with van der Waals surface area (Å²) >= 11 is 1.86. The van der Waals surface area contributed by atoms with Crippen molar-refractivity contribution in [1.82, 2.24) is 9.80 Å². The molecule has 0 saturated carbocycles. The molecule has 1 aliphatic rings. The Hall–Kier alpha value is -0.510. The molecule has 0 spiro atoms. The third-order valence-electron chi connectivity index (χ3n) is 4.72. The van der Waals surface area contributed by atoms with Crippen molar-refractivity contribution in [1.29, 1.82) is 0 Å². The van der Waals surface area contributed by atoms with Crippen LogP contribution in [0.1, 0.15) is 25.3 Å². The molecule has 1 saturated heterocycles. The van der Waals surface area contributed by atoms with E-state index in [1.807, 2.05) is 11.8 Å². The highest BCUT2D eigenvalue weighted by Crippen LogP contribution is 2.26. The van der Waals surface area contributed by atoms with Gasteiger partial charge in [0.1, 0.15) is 0 Å². The van der Waals surface area contributed by atoms with Crippen LogP contribution in [-0.2, 0) is 6.54 Å². The van der Waals surface area contributed by atoms with Crippen LogP contribution in [0.2, 0.25) is 0 Å². The fourth-order valence-corrected chi connectivity index (χ4v) is 3.70. The van der Waals surface area contributed by atoms with E-state index in [-0.39, 0.29) is 0 Å². The molecule has 0 aliphatic carbocycles. The van der Waals surface area contributed by atoms with Gasteiger partial charge in [0.2, 0.25) is 0 Å². The number of likely N-dealkylation sites (tertiary alicyclic amines) is 1. The Morgan fingerprint density at radius 1 is 1.25 bits per heavy atom. The molecule has 2 rings (SSSR count). The van der Waals surface area contributed by atoms with Crippen LogP contribution in [0.25, 0.3) is 0 Å². The van der Waals surface area contributed by atoms with Gasteiger partial charge < -0.3 is 4.90 Å². The Balaban J connectivity index is 1.88. The van der Waals surface area contributed by atoms with Crippen molar-refractivity contribution in [3.63, 3.8) is 0 Å². The van der Waals surface area contributed by atoms with Gasteiger partial charge in [-0.25, -0.2) is 0 Å². The molecule has 0 bridgehead atoms. The topological polar surface area (TPSA) is 6.48 Å². The molecule has 1 fully saturated rings. The van der Waals surface area contributed by atoms with Gasteiger partial charge in [-0.1, -0.05) is 18.2 Å². The normalized spacial score (nSPS) is 19.4. The van der Waals surface area contributed by atoms with Crippen LogP contribution in [0.3, 0.4) is 0 Å². The van der Waals surface area contributed by atoms with Crippen LogP contribution >= 0.6 is 11.8 Å². The van der Waals surface area contributed by atoms with Crippen molar-refractivity contribution in [2.75, 3.05) is 33.4 Å². The second-order valence-corrected chi connectivity index (χ2v) is 6.98. The Kier molecular flexibility index (Phi) is 5.94. The monoisotopic (exact) mass is 292 g/mol. The second-order valence-electron chi connectivity index (χ2n) is 6.13. The van der Waals surface area contributed by atoms with E-state index >= 15 is 0 Å². The number of thioether (sulfide) groups is 1. The molecule has 1 atom stereocenters. The number of piperidine rings is 1. The molecule has 3 heteroatoms. The van der Waals surface area contributed by atoms with Crippen LogP contribution in [0.4, 0.5) is 0 Å². The minimum atomic E-state index is 0.704. The van der Waals surface area contributed by atoms with E-state index in [9.17, 15) is 0 Å². The van der Waals surface area contributed by atoms with Gasteiger partial charge in [0.25, 0.3) is 0 Å². The molecule has 20 heavy (non-hydrogen) atoms. The molecule has 0 amide bonds. The van der Waals surface area contributed by atoms with Crippen LogP contribution in [-0.4, -0.2) is 49.3 Å². The van der Waals surface area contributed by atoms with E-state index in [1.165, 1.54) is 36.4 Å². The minimum absolute atomic E-state index is 0.704. The Morgan fingerprint density at radius 2 is 1.90 bits per heavy atom. The lowest BCUT2D eigenvalue weighted by atomic mass is 9.89. The molecule has 1 heterocycles. The average Bonchev–Trinajstić information content (AvgIpc) is 2.48. The molecular formula is C17H28N2S. The molecule has 2 nitrogen and oxygen atoms in total. The van der Waals surface area contributed by atoms with Gasteiger partial charge >= 0.3 is 0 Å². The highest BCUT2D eigenvalue weighted by Gasteiger charge is 2.25. The maximum Gasteiger partial charge on any atom is 0.0244 e. The summed E-state index contributed by atoms with van der Waals surface area (Å²) in [6, 6.07) is 9.52. The van der Waals surface area contributed by atoms with Crippen molar-refractivity contribution in [3.8, 4) is 0 Å². The average molecular weight is 292 g/mol. The van der Waals surface area contributed by atoms with Crippen LogP contribution < -0.4 is 0 Å². The van der Waals surface area contributed by atoms with Crippen molar-refractivity contribution in [3.05, 3.63) is 29.8 Å². The lowest BCUT2D eigenvalue weighted by molar-refractivity contribution is 0.120. The predicted octanol–water partition coefficient (Wildman–Crippen LogP) is 3.57. The van der Waals surface area contributed by atoms with E-state index in [0.29, 0.717) is 6.04 Å². The molecule has 1 aromatic carbocycles. The third-order valence-corrected chi connectivity index (χ3v) is 5.55. The molecular weight excluding hydrogens is 264 g/mol. The van der Waals surface area contributed by atoms with Gasteiger partial charge in [0.05, 0.1) is 0 Å². The molecule has 0 aromatic heterocycles. The summed E-state index contributed by atoms with van der Waals surface area (Å²) in [5.74, 6) is 0.858. The Morgan fingerprint density at radius 3 is 2.50 bits per heavy atom. The molecule has 1 aromatic rings. The summed E-state index contributed by atoms with van der Waals surface area (Å²) in [6.07, 6.45) is 4.84. The quantitative estimate of drug-likeness (QED) is 0.766. The molecule has 1 aliphatic heterocycles. The zero-order valence-corrected chi connectivity index (χ0v) is 14.1. The second kappa shape index (κ2) is 7.48. The van der Waals surface area contributed by atoms with E-state index in [0.717, 1.165) is 12.5 Å². The largest absolute Gasteiger partial charge is 0.306 e. The van der Waals surface area contributed by atoms with E-state index in [4.69, 9.17) is 0 Å². The van der Waals surface area contributed by atoms with Gasteiger partial charge in [-0.3, -0.25) is 4.90 Å². The van der Waals surface area contributed by atoms with Crippen molar-refractivity contribution < 1.29 is 0 Å². The predicted molar refractivity (Wildman–Crippen MR) is 89.4 cm³/mol. The van der Waals surface area contributed by atoms with Crippen molar-refractivity contribution >= 4 is 11.8 Å². The SMILES string of the molecule is CSc1ccccc1CN1CCC([C@H](C)N(C)C)CC1. The van der Waals surface area contributed by atoms with Crippen LogP contribution in [0.5, 0.6) is 0 Å². The van der Waals surface area contributed by atoms with E-state index < -0.39 is 0 Å². The molecule has 0 unspecified atom stereocenters. The third kappa shape index (κ3) is 4.00. The van der Waals surface area contributed by atoms with Crippen molar-refractivity contribution in [2.45, 2.75) is 37.2 Å². The van der Waals surface area contributed by atoms with Gasteiger partial charge in [-0.2, -0.15) is 0 Å². The Bertz CT molecular complexity index is 411. The lowest BCUT2D eigenvalue weighted by Gasteiger charge is -2.37. The van der Waals surface area contributed by atoms with Gasteiger partial charge in [0, 0.05) is 17.5 Å². The molecule has 112 valence electrons. The molecule has 0 N–H and O–H groups in total. The number of hydrogen-bond donors (Lipinski definition) is 0. The standard InChI is InChI=1S/C17H28N2S/c1-14(18(2)3)15-9-11-19(12-10-15)13-16-7-5-6-8-17(16)20-4/h5-8,14-15H,9-13H2,1-4H3/t14-/m0/s1. The fourth-order valence-electron chi connectivity index (χ4n) is 3.09. The first kappa shape index (κ1) is 15.9. The van der Waals surface area contributed by atoms with Crippen LogP contribution in [0.15, 0.2) is 29.2 Å². The maximum atomic E-state index is 2.62. The first-order valence-electron chi connectivity index (χ1n) is 7.62. The number of nitrogens with zero attached hydrogens (tertiary/aromatic N) is 2. The lowest BCUT2D eigenvalue weighted by Crippen LogP contribution is -2.41. The summed E-state index contributed by atoms with van der Waals surface area (Å²) < 4.78 is 0. The molecule has 0 radical (unpaired) electrons. The highest BCUT2D eigenvalue weighted by molar-refractivity contribution is 7.98. The first-order valence-corrected chi connectivity index (χ1v) is 8.85. The summed E-state index contributed by atoms with van der Waals surface area (Å²) in [4.78, 5) is 6.41. The number of rotatable bonds is 5. The zero-order chi connectivity index (χ0) is 14.5. The van der Waals surface area contributed by atoms with Gasteiger partial charge in [-0.05, 0) is 70.8 Å². The first-order chi connectivity index (χ1) is 9.61. The summed E-state index contributed by atoms with van der Waals surface area (Å²) in [5, 5.41) is 0. The van der Waals surface area contributed by atoms with E-state index in [1.54, 1.807) is 0 Å². The Labute approximate surface area is 128 Å². The summed E-state index contributed by atoms with van der Waals surface area (Å²) in [7, 11) is 4.40. The zero-order valence-electron chi connectivity index (χ0n) is 13.3. The highest BCUT2D eigenvalue weighted by atomic mass is 32.2. The maximum absolute atomic E-state index is 2.62. The summed E-state index contributed by atoms with van der Waals surface area (Å²) in [5.41, 5.74) is 1.49. The summed E-state index contributed by atoms with van der Waals surface area (Å²) in [6.45, 7) is 5.96. The fraction of sp³-hybridized carbons (Fsp3) is 0.647. The van der Waals surface area contributed by atoms with Gasteiger partial charge in [0.15, 0.2) is 0 Å².